The Morgan fingerprint density at radius 2 is 2.39 bits per heavy atom. The lowest BCUT2D eigenvalue weighted by Gasteiger charge is -2.23. The summed E-state index contributed by atoms with van der Waals surface area (Å²) in [6.45, 7) is 6.09. The molecule has 2 fully saturated rings. The molecule has 2 saturated heterocycles. The first-order valence-corrected chi connectivity index (χ1v) is 6.95. The molecule has 3 heterocycles. The van der Waals surface area contributed by atoms with Crippen molar-refractivity contribution in [1.29, 1.82) is 0 Å². The van der Waals surface area contributed by atoms with Crippen LogP contribution in [-0.4, -0.2) is 59.3 Å². The number of carbonyl (C=O) groups is 1. The van der Waals surface area contributed by atoms with Crippen molar-refractivity contribution >= 4 is 22.5 Å². The minimum atomic E-state index is -0.0509. The number of aromatic nitrogens is 2. The number of hydrogen-bond acceptors (Lipinski definition) is 5. The number of hydrogen-bond donors (Lipinski definition) is 1. The van der Waals surface area contributed by atoms with E-state index < -0.39 is 0 Å². The molecular formula is C11H17N5OS. The van der Waals surface area contributed by atoms with Crippen LogP contribution in [0.5, 0.6) is 0 Å². The van der Waals surface area contributed by atoms with E-state index in [4.69, 9.17) is 0 Å². The lowest BCUT2D eigenvalue weighted by atomic mass is 9.83. The van der Waals surface area contributed by atoms with E-state index in [9.17, 15) is 4.79 Å². The summed E-state index contributed by atoms with van der Waals surface area (Å²) in [6, 6.07) is -0.0509. The van der Waals surface area contributed by atoms with Crippen LogP contribution in [0.15, 0.2) is 5.51 Å². The Bertz CT molecular complexity index is 450. The van der Waals surface area contributed by atoms with E-state index in [1.807, 2.05) is 4.90 Å². The number of likely N-dealkylation sites (tertiary alicyclic amines) is 2. The normalized spacial score (nSPS) is 31.7. The highest BCUT2D eigenvalue weighted by Crippen LogP contribution is 2.41. The molecule has 2 amide bonds. The van der Waals surface area contributed by atoms with Crippen molar-refractivity contribution in [3.05, 3.63) is 5.51 Å². The highest BCUT2D eigenvalue weighted by Gasteiger charge is 2.49. The zero-order chi connectivity index (χ0) is 12.8. The fourth-order valence-corrected chi connectivity index (χ4v) is 3.62. The number of amides is 2. The molecule has 1 N–H and O–H groups in total. The van der Waals surface area contributed by atoms with Crippen molar-refractivity contribution < 1.29 is 4.79 Å². The van der Waals surface area contributed by atoms with Gasteiger partial charge in [0.15, 0.2) is 0 Å². The predicted octanol–water partition coefficient (Wildman–Crippen LogP) is 0.953. The second-order valence-electron chi connectivity index (χ2n) is 5.60. The Morgan fingerprint density at radius 1 is 1.56 bits per heavy atom. The van der Waals surface area contributed by atoms with Gasteiger partial charge in [-0.15, -0.1) is 10.2 Å². The summed E-state index contributed by atoms with van der Waals surface area (Å²) in [5.41, 5.74) is 1.86. The summed E-state index contributed by atoms with van der Waals surface area (Å²) in [6.07, 6.45) is 0. The maximum absolute atomic E-state index is 12.1. The summed E-state index contributed by atoms with van der Waals surface area (Å²) in [5.74, 6) is 0.586. The van der Waals surface area contributed by atoms with Gasteiger partial charge in [-0.2, -0.15) is 0 Å². The molecule has 98 valence electrons. The van der Waals surface area contributed by atoms with Gasteiger partial charge in [-0.1, -0.05) is 18.3 Å². The molecule has 6 nitrogen and oxygen atoms in total. The number of nitrogens with one attached hydrogen (secondary N) is 1. The Balaban J connectivity index is 1.64. The first-order chi connectivity index (χ1) is 8.57. The van der Waals surface area contributed by atoms with Crippen molar-refractivity contribution in [2.24, 2.45) is 11.3 Å². The van der Waals surface area contributed by atoms with Gasteiger partial charge in [-0.05, 0) is 13.0 Å². The van der Waals surface area contributed by atoms with E-state index in [-0.39, 0.29) is 11.4 Å². The smallest absolute Gasteiger partial charge is 0.323 e. The molecule has 2 aliphatic heterocycles. The van der Waals surface area contributed by atoms with Crippen molar-refractivity contribution in [3.63, 3.8) is 0 Å². The number of urea groups is 1. The third-order valence-corrected chi connectivity index (χ3v) is 4.61. The molecule has 0 spiro atoms. The highest BCUT2D eigenvalue weighted by atomic mass is 32.1. The van der Waals surface area contributed by atoms with Crippen LogP contribution in [0.4, 0.5) is 9.93 Å². The maximum atomic E-state index is 12.1. The molecular weight excluding hydrogens is 250 g/mol. The van der Waals surface area contributed by atoms with Crippen LogP contribution < -0.4 is 5.32 Å². The van der Waals surface area contributed by atoms with Gasteiger partial charge in [0, 0.05) is 31.6 Å². The molecule has 0 unspecified atom stereocenters. The zero-order valence-electron chi connectivity index (χ0n) is 10.6. The number of anilines is 1. The minimum Gasteiger partial charge on any atom is -0.324 e. The predicted molar refractivity (Wildman–Crippen MR) is 69.6 cm³/mol. The average Bonchev–Trinajstić information content (AvgIpc) is 2.92. The van der Waals surface area contributed by atoms with Crippen LogP contribution in [0.1, 0.15) is 6.92 Å². The quantitative estimate of drug-likeness (QED) is 0.823. The fourth-order valence-electron chi connectivity index (χ4n) is 3.18. The van der Waals surface area contributed by atoms with Gasteiger partial charge in [-0.25, -0.2) is 4.79 Å². The SMILES string of the molecule is CN1C[C@@H]2CN(C(=O)Nc3nncs3)C[C@]2(C)C1. The van der Waals surface area contributed by atoms with E-state index in [1.165, 1.54) is 11.3 Å². The summed E-state index contributed by atoms with van der Waals surface area (Å²) < 4.78 is 0. The van der Waals surface area contributed by atoms with Crippen LogP contribution in [-0.2, 0) is 0 Å². The van der Waals surface area contributed by atoms with Gasteiger partial charge < -0.3 is 9.80 Å². The number of nitrogens with zero attached hydrogens (tertiary/aromatic N) is 4. The fraction of sp³-hybridized carbons (Fsp3) is 0.727. The molecule has 0 saturated carbocycles. The van der Waals surface area contributed by atoms with Crippen molar-refractivity contribution in [2.45, 2.75) is 6.92 Å². The van der Waals surface area contributed by atoms with Gasteiger partial charge in [-0.3, -0.25) is 5.32 Å². The molecule has 1 aromatic rings. The molecule has 0 bridgehead atoms. The van der Waals surface area contributed by atoms with Gasteiger partial charge in [0.25, 0.3) is 0 Å². The van der Waals surface area contributed by atoms with E-state index in [0.29, 0.717) is 11.0 Å². The summed E-state index contributed by atoms with van der Waals surface area (Å²) in [7, 11) is 2.15. The second-order valence-corrected chi connectivity index (χ2v) is 6.44. The Kier molecular flexibility index (Phi) is 2.74. The van der Waals surface area contributed by atoms with Crippen LogP contribution >= 0.6 is 11.3 Å². The minimum absolute atomic E-state index is 0.0509. The van der Waals surface area contributed by atoms with Crippen LogP contribution in [0.2, 0.25) is 0 Å². The van der Waals surface area contributed by atoms with Gasteiger partial charge in [0.1, 0.15) is 5.51 Å². The monoisotopic (exact) mass is 267 g/mol. The van der Waals surface area contributed by atoms with E-state index in [2.05, 4.69) is 34.4 Å². The van der Waals surface area contributed by atoms with Crippen LogP contribution in [0.25, 0.3) is 0 Å². The largest absolute Gasteiger partial charge is 0.324 e. The molecule has 3 rings (SSSR count). The second kappa shape index (κ2) is 4.17. The van der Waals surface area contributed by atoms with Gasteiger partial charge in [0.05, 0.1) is 0 Å². The van der Waals surface area contributed by atoms with E-state index in [0.717, 1.165) is 26.2 Å². The average molecular weight is 267 g/mol. The molecule has 2 atom stereocenters. The molecule has 2 aliphatic rings. The van der Waals surface area contributed by atoms with Crippen LogP contribution in [0.3, 0.4) is 0 Å². The Labute approximate surface area is 110 Å². The number of fused-ring (bicyclic) bond motifs is 1. The summed E-state index contributed by atoms with van der Waals surface area (Å²) >= 11 is 1.34. The molecule has 0 aliphatic carbocycles. The van der Waals surface area contributed by atoms with Crippen LogP contribution in [0, 0.1) is 11.3 Å². The van der Waals surface area contributed by atoms with Gasteiger partial charge in [0.2, 0.25) is 5.13 Å². The molecule has 18 heavy (non-hydrogen) atoms. The Morgan fingerprint density at radius 3 is 3.06 bits per heavy atom. The third kappa shape index (κ3) is 1.97. The van der Waals surface area contributed by atoms with Crippen molar-refractivity contribution in [3.8, 4) is 0 Å². The molecule has 1 aromatic heterocycles. The maximum Gasteiger partial charge on any atom is 0.323 e. The standard InChI is InChI=1S/C11H17N5OS/c1-11-5-15(2)3-8(11)4-16(6-11)10(17)13-9-14-12-7-18-9/h7-8H,3-6H2,1-2H3,(H,13,14,17)/t8-,11+/m1/s1. The molecule has 0 radical (unpaired) electrons. The zero-order valence-corrected chi connectivity index (χ0v) is 11.4. The molecule has 0 aromatic carbocycles. The van der Waals surface area contributed by atoms with E-state index in [1.54, 1.807) is 5.51 Å². The van der Waals surface area contributed by atoms with Gasteiger partial charge >= 0.3 is 6.03 Å². The summed E-state index contributed by atoms with van der Waals surface area (Å²) in [5, 5.41) is 10.9. The number of rotatable bonds is 1. The first-order valence-electron chi connectivity index (χ1n) is 6.07. The number of carbonyl (C=O) groups excluding carboxylic acids is 1. The first kappa shape index (κ1) is 11.9. The van der Waals surface area contributed by atoms with Crippen molar-refractivity contribution in [1.82, 2.24) is 20.0 Å². The lowest BCUT2D eigenvalue weighted by molar-refractivity contribution is 0.209. The lowest BCUT2D eigenvalue weighted by Crippen LogP contribution is -2.37. The van der Waals surface area contributed by atoms with E-state index >= 15 is 0 Å². The third-order valence-electron chi connectivity index (χ3n) is 4.00. The summed E-state index contributed by atoms with van der Waals surface area (Å²) in [4.78, 5) is 16.4. The highest BCUT2D eigenvalue weighted by molar-refractivity contribution is 7.13. The molecule has 7 heteroatoms. The Hall–Kier alpha value is -1.21. The van der Waals surface area contributed by atoms with Crippen molar-refractivity contribution in [2.75, 3.05) is 38.5 Å². The topological polar surface area (TPSA) is 61.4 Å².